The summed E-state index contributed by atoms with van der Waals surface area (Å²) in [5.74, 6) is -5.89. The molecule has 0 atom stereocenters. The summed E-state index contributed by atoms with van der Waals surface area (Å²) in [4.78, 5) is 61.3. The molecular weight excluding hydrogens is 520 g/mol. The highest BCUT2D eigenvalue weighted by Gasteiger charge is 2.16. The van der Waals surface area contributed by atoms with E-state index in [0.717, 1.165) is 27.3 Å². The molecule has 0 amide bonds. The van der Waals surface area contributed by atoms with Gasteiger partial charge in [0.1, 0.15) is 0 Å². The number of carboxylic acids is 6. The van der Waals surface area contributed by atoms with E-state index in [0.29, 0.717) is 13.1 Å². The largest absolute Gasteiger partial charge is 0.481 e. The molecule has 0 rings (SSSR count). The molecule has 0 aromatic carbocycles. The van der Waals surface area contributed by atoms with Gasteiger partial charge in [-0.05, 0) is 0 Å². The van der Waals surface area contributed by atoms with Crippen molar-refractivity contribution in [3.63, 3.8) is 0 Å². The van der Waals surface area contributed by atoms with Crippen LogP contribution in [0.3, 0.4) is 0 Å². The number of carboxylic acid groups (broad SMARTS) is 6. The maximum Gasteiger partial charge on any atom is 0.317 e. The van der Waals surface area contributed by atoms with Crippen LogP contribution in [0, 0.1) is 0 Å². The molecule has 0 saturated carbocycles. The first-order valence-corrected chi connectivity index (χ1v) is 10.8. The molecule has 0 aliphatic rings. The molecule has 0 aliphatic carbocycles. The summed E-state index contributed by atoms with van der Waals surface area (Å²) in [5, 5.41) is 68.0. The molecule has 0 bridgehead atoms. The molecule has 0 unspecified atom stereocenters. The molecule has 0 fully saturated rings. The van der Waals surface area contributed by atoms with Crippen LogP contribution in [0.1, 0.15) is 20.8 Å². The normalized spacial score (nSPS) is 9.16. The third kappa shape index (κ3) is 76.7. The molecule has 18 heteroatoms. The van der Waals surface area contributed by atoms with E-state index < -0.39 is 48.9 Å². The number of nitrogens with two attached hydrogens (primary N) is 1. The Labute approximate surface area is 219 Å². The van der Waals surface area contributed by atoms with Crippen LogP contribution in [0.2, 0.25) is 0 Å². The third-order valence-electron chi connectivity index (χ3n) is 2.83. The zero-order chi connectivity index (χ0) is 31.1. The fraction of sp³-hybridized carbons (Fsp3) is 0.700. The average molecular weight is 563 g/mol. The Morgan fingerprint density at radius 3 is 1.16 bits per heavy atom. The van der Waals surface area contributed by atoms with Crippen LogP contribution in [0.15, 0.2) is 0 Å². The molecular formula is C20H42N4O14. The lowest BCUT2D eigenvalue weighted by atomic mass is 10.4. The van der Waals surface area contributed by atoms with Crippen molar-refractivity contribution in [2.45, 2.75) is 20.8 Å². The van der Waals surface area contributed by atoms with E-state index in [9.17, 15) is 14.4 Å². The van der Waals surface area contributed by atoms with E-state index in [4.69, 9.17) is 61.0 Å². The van der Waals surface area contributed by atoms with E-state index in [1.807, 2.05) is 0 Å². The van der Waals surface area contributed by atoms with Crippen molar-refractivity contribution in [3.05, 3.63) is 0 Å². The zero-order valence-electron chi connectivity index (χ0n) is 21.8. The first-order valence-electron chi connectivity index (χ1n) is 10.8. The van der Waals surface area contributed by atoms with Gasteiger partial charge in [0.25, 0.3) is 17.9 Å². The van der Waals surface area contributed by atoms with Crippen LogP contribution >= 0.6 is 0 Å². The second-order valence-electron chi connectivity index (χ2n) is 6.71. The minimum absolute atomic E-state index is 0.0892. The fourth-order valence-corrected chi connectivity index (χ4v) is 1.79. The van der Waals surface area contributed by atoms with Crippen molar-refractivity contribution in [3.8, 4) is 0 Å². The van der Waals surface area contributed by atoms with Gasteiger partial charge in [-0.1, -0.05) is 0 Å². The quantitative estimate of drug-likeness (QED) is 0.0870. The predicted octanol–water partition coefficient (Wildman–Crippen LogP) is -3.36. The Hall–Kier alpha value is -3.42. The molecule has 0 aliphatic heterocycles. The van der Waals surface area contributed by atoms with E-state index in [2.05, 4.69) is 5.32 Å². The summed E-state index contributed by atoms with van der Waals surface area (Å²) in [7, 11) is 0. The first kappa shape index (κ1) is 44.6. The Balaban J connectivity index is -0.000000155. The van der Waals surface area contributed by atoms with Crippen molar-refractivity contribution < 1.29 is 69.6 Å². The average Bonchev–Trinajstić information content (AvgIpc) is 2.70. The van der Waals surface area contributed by atoms with Crippen molar-refractivity contribution >= 4 is 35.8 Å². The predicted molar refractivity (Wildman–Crippen MR) is 132 cm³/mol. The summed E-state index contributed by atoms with van der Waals surface area (Å²) in [6, 6.07) is 0. The molecule has 226 valence electrons. The molecule has 0 heterocycles. The second kappa shape index (κ2) is 33.6. The lowest BCUT2D eigenvalue weighted by molar-refractivity contribution is -0.143. The second-order valence-corrected chi connectivity index (χ2v) is 6.71. The number of aliphatic carboxylic acids is 6. The number of carbonyl (C=O) groups is 6. The molecule has 38 heavy (non-hydrogen) atoms. The summed E-state index contributed by atoms with van der Waals surface area (Å²) in [6.45, 7) is 4.50. The number of aliphatic hydroxyl groups excluding tert-OH is 2. The standard InChI is InChI=1S/C10H18N2O7.C4H12N2O.3C2H4O2/c13-4-3-11(5-8(14)15)1-2-12(6-9(16)17)7-10(18)19;5-1-2-6-3-4-7;3*1-2(3)4/h13H,1-7H2,(H,14,15)(H,16,17)(H,18,19);6-7H,1-5H2;3*1H3,(H,3,4). The number of nitrogens with zero attached hydrogens (tertiary/aromatic N) is 2. The highest BCUT2D eigenvalue weighted by molar-refractivity contribution is 5.72. The fourth-order valence-electron chi connectivity index (χ4n) is 1.79. The van der Waals surface area contributed by atoms with E-state index in [1.54, 1.807) is 0 Å². The van der Waals surface area contributed by atoms with Gasteiger partial charge < -0.3 is 51.9 Å². The van der Waals surface area contributed by atoms with Gasteiger partial charge in [0.15, 0.2) is 0 Å². The maximum atomic E-state index is 10.6. The molecule has 11 N–H and O–H groups in total. The SMILES string of the molecule is CC(=O)O.CC(=O)O.CC(=O)O.NCCNCCO.O=C(O)CN(CCO)CCN(CC(=O)O)CC(=O)O. The van der Waals surface area contributed by atoms with Crippen LogP contribution in [-0.4, -0.2) is 159 Å². The minimum atomic E-state index is -1.16. The Kier molecular flexibility index (Phi) is 39.4. The lowest BCUT2D eigenvalue weighted by Crippen LogP contribution is -2.42. The smallest absolute Gasteiger partial charge is 0.317 e. The molecule has 0 aromatic rings. The van der Waals surface area contributed by atoms with Crippen LogP contribution in [0.5, 0.6) is 0 Å². The molecule has 0 saturated heterocycles. The number of rotatable bonds is 15. The van der Waals surface area contributed by atoms with E-state index in [-0.39, 0.29) is 39.4 Å². The topological polar surface area (TPSA) is 309 Å². The summed E-state index contributed by atoms with van der Waals surface area (Å²) >= 11 is 0. The van der Waals surface area contributed by atoms with Crippen LogP contribution < -0.4 is 11.1 Å². The summed E-state index contributed by atoms with van der Waals surface area (Å²) < 4.78 is 0. The zero-order valence-corrected chi connectivity index (χ0v) is 21.8. The van der Waals surface area contributed by atoms with Gasteiger partial charge in [0, 0.05) is 60.0 Å². The van der Waals surface area contributed by atoms with E-state index >= 15 is 0 Å². The monoisotopic (exact) mass is 562 g/mol. The van der Waals surface area contributed by atoms with Crippen molar-refractivity contribution in [2.24, 2.45) is 5.73 Å². The van der Waals surface area contributed by atoms with E-state index in [1.165, 1.54) is 9.80 Å². The third-order valence-corrected chi connectivity index (χ3v) is 2.83. The Morgan fingerprint density at radius 1 is 0.579 bits per heavy atom. The van der Waals surface area contributed by atoms with Gasteiger partial charge >= 0.3 is 17.9 Å². The van der Waals surface area contributed by atoms with Gasteiger partial charge in [0.2, 0.25) is 0 Å². The van der Waals surface area contributed by atoms with Crippen LogP contribution in [0.25, 0.3) is 0 Å². The van der Waals surface area contributed by atoms with Gasteiger partial charge in [-0.25, -0.2) is 0 Å². The summed E-state index contributed by atoms with van der Waals surface area (Å²) in [6.07, 6.45) is 0. The minimum Gasteiger partial charge on any atom is -0.481 e. The summed E-state index contributed by atoms with van der Waals surface area (Å²) in [5.41, 5.74) is 5.13. The Bertz CT molecular complexity index is 589. The number of nitrogens with one attached hydrogen (secondary N) is 1. The molecule has 18 nitrogen and oxygen atoms in total. The van der Waals surface area contributed by atoms with Crippen molar-refractivity contribution in [1.29, 1.82) is 0 Å². The molecule has 0 aromatic heterocycles. The van der Waals surface area contributed by atoms with Gasteiger partial charge in [-0.2, -0.15) is 0 Å². The van der Waals surface area contributed by atoms with Gasteiger partial charge in [-0.3, -0.25) is 38.6 Å². The Morgan fingerprint density at radius 2 is 0.895 bits per heavy atom. The molecule has 0 radical (unpaired) electrons. The van der Waals surface area contributed by atoms with Crippen LogP contribution in [0.4, 0.5) is 0 Å². The first-order chi connectivity index (χ1) is 17.5. The van der Waals surface area contributed by atoms with Crippen molar-refractivity contribution in [2.75, 3.05) is 72.1 Å². The highest BCUT2D eigenvalue weighted by Crippen LogP contribution is 1.93. The van der Waals surface area contributed by atoms with Gasteiger partial charge in [-0.15, -0.1) is 0 Å². The van der Waals surface area contributed by atoms with Crippen LogP contribution in [-0.2, 0) is 28.8 Å². The maximum absolute atomic E-state index is 10.6. The van der Waals surface area contributed by atoms with Crippen molar-refractivity contribution in [1.82, 2.24) is 15.1 Å². The number of hydrogen-bond acceptors (Lipinski definition) is 12. The highest BCUT2D eigenvalue weighted by atomic mass is 16.4. The molecule has 0 spiro atoms. The number of hydrogen-bond donors (Lipinski definition) is 10. The number of aliphatic hydroxyl groups is 2. The lowest BCUT2D eigenvalue weighted by Gasteiger charge is -2.24. The van der Waals surface area contributed by atoms with Gasteiger partial charge in [0.05, 0.1) is 32.8 Å².